The summed E-state index contributed by atoms with van der Waals surface area (Å²) >= 11 is 0. The molecule has 0 aromatic heterocycles. The largest absolute Gasteiger partial charge is 0.384 e. The molecule has 0 amide bonds. The summed E-state index contributed by atoms with van der Waals surface area (Å²) in [6.45, 7) is 9.62. The van der Waals surface area contributed by atoms with Gasteiger partial charge in [0.25, 0.3) is 0 Å². The smallest absolute Gasteiger partial charge is 0.100 e. The summed E-state index contributed by atoms with van der Waals surface area (Å²) in [7, 11) is 0. The standard InChI is InChI=1S/C12H16O/c1-8(2)12(13)11-9(3)6-5-7-10(11)4/h5-7,12-13H,1H2,2-4H3. The van der Waals surface area contributed by atoms with E-state index in [0.29, 0.717) is 0 Å². The fourth-order valence-electron chi connectivity index (χ4n) is 1.51. The van der Waals surface area contributed by atoms with Crippen LogP contribution in [0.15, 0.2) is 30.4 Å². The van der Waals surface area contributed by atoms with E-state index in [2.05, 4.69) is 6.58 Å². The first-order chi connectivity index (χ1) is 6.04. The van der Waals surface area contributed by atoms with E-state index in [-0.39, 0.29) is 0 Å². The molecule has 0 aliphatic heterocycles. The maximum atomic E-state index is 9.86. The van der Waals surface area contributed by atoms with Crippen molar-refractivity contribution >= 4 is 0 Å². The lowest BCUT2D eigenvalue weighted by atomic mass is 9.95. The Balaban J connectivity index is 3.20. The van der Waals surface area contributed by atoms with Gasteiger partial charge in [-0.05, 0) is 43.0 Å². The number of hydrogen-bond acceptors (Lipinski definition) is 1. The van der Waals surface area contributed by atoms with Gasteiger partial charge in [0, 0.05) is 0 Å². The molecule has 0 aliphatic carbocycles. The minimum atomic E-state index is -0.527. The number of aryl methyl sites for hydroxylation is 2. The molecule has 1 rings (SSSR count). The van der Waals surface area contributed by atoms with Crippen LogP contribution in [-0.2, 0) is 0 Å². The van der Waals surface area contributed by atoms with Crippen molar-refractivity contribution in [1.82, 2.24) is 0 Å². The van der Waals surface area contributed by atoms with Crippen molar-refractivity contribution in [3.05, 3.63) is 47.0 Å². The van der Waals surface area contributed by atoms with Gasteiger partial charge in [-0.3, -0.25) is 0 Å². The highest BCUT2D eigenvalue weighted by atomic mass is 16.3. The zero-order chi connectivity index (χ0) is 10.0. The molecule has 0 heterocycles. The Morgan fingerprint density at radius 1 is 1.31 bits per heavy atom. The van der Waals surface area contributed by atoms with Crippen LogP contribution in [0.3, 0.4) is 0 Å². The van der Waals surface area contributed by atoms with E-state index in [0.717, 1.165) is 22.3 Å². The predicted molar refractivity (Wildman–Crippen MR) is 55.7 cm³/mol. The van der Waals surface area contributed by atoms with Crippen LogP contribution < -0.4 is 0 Å². The van der Waals surface area contributed by atoms with Crippen molar-refractivity contribution in [2.75, 3.05) is 0 Å². The first-order valence-corrected chi connectivity index (χ1v) is 4.43. The average molecular weight is 176 g/mol. The van der Waals surface area contributed by atoms with Gasteiger partial charge in [0.2, 0.25) is 0 Å². The van der Waals surface area contributed by atoms with Crippen molar-refractivity contribution in [2.24, 2.45) is 0 Å². The zero-order valence-corrected chi connectivity index (χ0v) is 8.46. The molecule has 1 unspecified atom stereocenters. The van der Waals surface area contributed by atoms with E-state index in [4.69, 9.17) is 0 Å². The van der Waals surface area contributed by atoms with Crippen LogP contribution >= 0.6 is 0 Å². The summed E-state index contributed by atoms with van der Waals surface area (Å²) in [5.74, 6) is 0. The van der Waals surface area contributed by atoms with Gasteiger partial charge >= 0.3 is 0 Å². The molecule has 70 valence electrons. The Labute approximate surface area is 79.7 Å². The van der Waals surface area contributed by atoms with Crippen LogP contribution in [-0.4, -0.2) is 5.11 Å². The second kappa shape index (κ2) is 3.75. The maximum absolute atomic E-state index is 9.86. The van der Waals surface area contributed by atoms with Crippen LogP contribution in [0.5, 0.6) is 0 Å². The molecular formula is C12H16O. The number of benzene rings is 1. The number of hydrogen-bond donors (Lipinski definition) is 1. The molecule has 0 aliphatic rings. The lowest BCUT2D eigenvalue weighted by molar-refractivity contribution is 0.215. The quantitative estimate of drug-likeness (QED) is 0.687. The minimum absolute atomic E-state index is 0.527. The van der Waals surface area contributed by atoms with E-state index < -0.39 is 6.10 Å². The van der Waals surface area contributed by atoms with E-state index in [1.165, 1.54) is 0 Å². The highest BCUT2D eigenvalue weighted by Gasteiger charge is 2.12. The highest BCUT2D eigenvalue weighted by Crippen LogP contribution is 2.25. The van der Waals surface area contributed by atoms with Gasteiger partial charge in [-0.1, -0.05) is 24.8 Å². The lowest BCUT2D eigenvalue weighted by Gasteiger charge is -2.16. The zero-order valence-electron chi connectivity index (χ0n) is 8.46. The summed E-state index contributed by atoms with van der Waals surface area (Å²) < 4.78 is 0. The van der Waals surface area contributed by atoms with Crippen LogP contribution in [0.25, 0.3) is 0 Å². The van der Waals surface area contributed by atoms with Crippen molar-refractivity contribution in [3.8, 4) is 0 Å². The van der Waals surface area contributed by atoms with Crippen LogP contribution in [0.1, 0.15) is 29.7 Å². The molecule has 0 saturated heterocycles. The van der Waals surface area contributed by atoms with Gasteiger partial charge in [-0.25, -0.2) is 0 Å². The molecule has 1 aromatic carbocycles. The Bertz CT molecular complexity index is 306. The topological polar surface area (TPSA) is 20.2 Å². The van der Waals surface area contributed by atoms with E-state index >= 15 is 0 Å². The SMILES string of the molecule is C=C(C)C(O)c1c(C)cccc1C. The summed E-state index contributed by atoms with van der Waals surface area (Å²) in [5.41, 5.74) is 4.03. The summed E-state index contributed by atoms with van der Waals surface area (Å²) in [6, 6.07) is 6.02. The number of aliphatic hydroxyl groups excluding tert-OH is 1. The van der Waals surface area contributed by atoms with E-state index in [1.807, 2.05) is 39.0 Å². The molecular weight excluding hydrogens is 160 g/mol. The van der Waals surface area contributed by atoms with Crippen LogP contribution in [0.2, 0.25) is 0 Å². The molecule has 1 atom stereocenters. The Kier molecular flexibility index (Phi) is 2.89. The normalized spacial score (nSPS) is 12.6. The third-order valence-electron chi connectivity index (χ3n) is 2.28. The minimum Gasteiger partial charge on any atom is -0.384 e. The molecule has 0 saturated carbocycles. The van der Waals surface area contributed by atoms with Gasteiger partial charge in [-0.15, -0.1) is 0 Å². The predicted octanol–water partition coefficient (Wildman–Crippen LogP) is 2.91. The fraction of sp³-hybridized carbons (Fsp3) is 0.333. The number of aliphatic hydroxyl groups is 1. The average Bonchev–Trinajstić information content (AvgIpc) is 2.03. The van der Waals surface area contributed by atoms with Crippen LogP contribution in [0, 0.1) is 13.8 Å². The molecule has 0 radical (unpaired) electrons. The molecule has 1 nitrogen and oxygen atoms in total. The van der Waals surface area contributed by atoms with Gasteiger partial charge in [-0.2, -0.15) is 0 Å². The summed E-state index contributed by atoms with van der Waals surface area (Å²) in [5, 5.41) is 9.86. The molecule has 0 bridgehead atoms. The van der Waals surface area contributed by atoms with Gasteiger partial charge in [0.1, 0.15) is 6.10 Å². The van der Waals surface area contributed by atoms with Crippen molar-refractivity contribution < 1.29 is 5.11 Å². The van der Waals surface area contributed by atoms with Crippen LogP contribution in [0.4, 0.5) is 0 Å². The molecule has 0 spiro atoms. The third-order valence-corrected chi connectivity index (χ3v) is 2.28. The van der Waals surface area contributed by atoms with Gasteiger partial charge < -0.3 is 5.11 Å². The summed E-state index contributed by atoms with van der Waals surface area (Å²) in [4.78, 5) is 0. The van der Waals surface area contributed by atoms with E-state index in [1.54, 1.807) is 0 Å². The van der Waals surface area contributed by atoms with Gasteiger partial charge in [0.05, 0.1) is 0 Å². The third kappa shape index (κ3) is 1.99. The second-order valence-electron chi connectivity index (χ2n) is 3.55. The molecule has 1 N–H and O–H groups in total. The van der Waals surface area contributed by atoms with Crippen molar-refractivity contribution in [2.45, 2.75) is 26.9 Å². The fourth-order valence-corrected chi connectivity index (χ4v) is 1.51. The maximum Gasteiger partial charge on any atom is 0.100 e. The van der Waals surface area contributed by atoms with Gasteiger partial charge in [0.15, 0.2) is 0 Å². The lowest BCUT2D eigenvalue weighted by Crippen LogP contribution is -2.03. The first-order valence-electron chi connectivity index (χ1n) is 4.43. The Morgan fingerprint density at radius 3 is 2.15 bits per heavy atom. The summed E-state index contributed by atoms with van der Waals surface area (Å²) in [6.07, 6.45) is -0.527. The highest BCUT2D eigenvalue weighted by molar-refractivity contribution is 5.38. The molecule has 13 heavy (non-hydrogen) atoms. The number of rotatable bonds is 2. The Hall–Kier alpha value is -1.08. The van der Waals surface area contributed by atoms with E-state index in [9.17, 15) is 5.11 Å². The monoisotopic (exact) mass is 176 g/mol. The van der Waals surface area contributed by atoms with Crippen molar-refractivity contribution in [3.63, 3.8) is 0 Å². The molecule has 1 aromatic rings. The Morgan fingerprint density at radius 2 is 1.77 bits per heavy atom. The second-order valence-corrected chi connectivity index (χ2v) is 3.55. The van der Waals surface area contributed by atoms with Crippen molar-refractivity contribution in [1.29, 1.82) is 0 Å². The molecule has 1 heteroatoms. The molecule has 0 fully saturated rings. The first kappa shape index (κ1) is 10.0.